The SMILES string of the molecule is CCOC(=O)[C@]1(O)C=C(CCc2ccc3ccccc3c2)[C@H](O)CC1. The van der Waals surface area contributed by atoms with E-state index in [-0.39, 0.29) is 13.0 Å². The number of benzene rings is 2. The third-order valence-electron chi connectivity index (χ3n) is 4.80. The van der Waals surface area contributed by atoms with Crippen LogP contribution in [-0.2, 0) is 16.0 Å². The van der Waals surface area contributed by atoms with Crippen molar-refractivity contribution in [1.82, 2.24) is 0 Å². The van der Waals surface area contributed by atoms with E-state index in [1.54, 1.807) is 6.92 Å². The number of aliphatic hydroxyl groups excluding tert-OH is 1. The molecule has 4 heteroatoms. The maximum absolute atomic E-state index is 12.0. The summed E-state index contributed by atoms with van der Waals surface area (Å²) in [5.41, 5.74) is 0.250. The maximum atomic E-state index is 12.0. The molecule has 2 aromatic rings. The fraction of sp³-hybridized carbons (Fsp3) is 0.381. The summed E-state index contributed by atoms with van der Waals surface area (Å²) in [5.74, 6) is -0.634. The highest BCUT2D eigenvalue weighted by atomic mass is 16.5. The lowest BCUT2D eigenvalue weighted by Gasteiger charge is -2.31. The van der Waals surface area contributed by atoms with Gasteiger partial charge in [-0.2, -0.15) is 0 Å². The standard InChI is InChI=1S/C21H24O4/c1-2-25-20(23)21(24)12-11-19(22)18(14-21)10-8-15-7-9-16-5-3-4-6-17(16)13-15/h3-7,9,13-14,19,22,24H,2,8,10-12H2,1H3/t19-,21-/m1/s1. The van der Waals surface area contributed by atoms with Gasteiger partial charge in [-0.1, -0.05) is 42.5 Å². The topological polar surface area (TPSA) is 66.8 Å². The number of esters is 1. The van der Waals surface area contributed by atoms with E-state index < -0.39 is 17.7 Å². The first-order chi connectivity index (χ1) is 12.0. The van der Waals surface area contributed by atoms with E-state index >= 15 is 0 Å². The summed E-state index contributed by atoms with van der Waals surface area (Å²) in [6.45, 7) is 1.94. The Morgan fingerprint density at radius 1 is 1.20 bits per heavy atom. The van der Waals surface area contributed by atoms with Crippen molar-refractivity contribution in [2.45, 2.75) is 44.3 Å². The van der Waals surface area contributed by atoms with Crippen molar-refractivity contribution in [3.05, 3.63) is 59.7 Å². The van der Waals surface area contributed by atoms with Gasteiger partial charge in [0.25, 0.3) is 0 Å². The highest BCUT2D eigenvalue weighted by molar-refractivity contribution is 5.83. The van der Waals surface area contributed by atoms with E-state index in [9.17, 15) is 15.0 Å². The highest BCUT2D eigenvalue weighted by Crippen LogP contribution is 2.31. The molecule has 0 unspecified atom stereocenters. The van der Waals surface area contributed by atoms with Gasteiger partial charge in [0, 0.05) is 0 Å². The fourth-order valence-corrected chi connectivity index (χ4v) is 3.36. The molecule has 0 heterocycles. The Bertz CT molecular complexity index is 795. The zero-order valence-corrected chi connectivity index (χ0v) is 14.4. The van der Waals surface area contributed by atoms with Crippen molar-refractivity contribution < 1.29 is 19.7 Å². The normalized spacial score (nSPS) is 23.3. The molecule has 0 spiro atoms. The van der Waals surface area contributed by atoms with Gasteiger partial charge in [-0.25, -0.2) is 4.79 Å². The summed E-state index contributed by atoms with van der Waals surface area (Å²) < 4.78 is 4.96. The van der Waals surface area contributed by atoms with Crippen LogP contribution >= 0.6 is 0 Å². The van der Waals surface area contributed by atoms with Crippen molar-refractivity contribution in [2.24, 2.45) is 0 Å². The number of fused-ring (bicyclic) bond motifs is 1. The van der Waals surface area contributed by atoms with E-state index in [4.69, 9.17) is 4.74 Å². The van der Waals surface area contributed by atoms with Crippen molar-refractivity contribution >= 4 is 16.7 Å². The van der Waals surface area contributed by atoms with Crippen LogP contribution in [0, 0.1) is 0 Å². The Morgan fingerprint density at radius 2 is 1.96 bits per heavy atom. The van der Waals surface area contributed by atoms with Crippen LogP contribution in [0.15, 0.2) is 54.1 Å². The lowest BCUT2D eigenvalue weighted by atomic mass is 9.82. The molecule has 0 bridgehead atoms. The van der Waals surface area contributed by atoms with Gasteiger partial charge < -0.3 is 14.9 Å². The van der Waals surface area contributed by atoms with Gasteiger partial charge in [0.2, 0.25) is 0 Å². The lowest BCUT2D eigenvalue weighted by molar-refractivity contribution is -0.161. The molecule has 4 nitrogen and oxygen atoms in total. The third-order valence-corrected chi connectivity index (χ3v) is 4.80. The van der Waals surface area contributed by atoms with Gasteiger partial charge in [-0.05, 0) is 60.6 Å². The van der Waals surface area contributed by atoms with Gasteiger partial charge in [0.05, 0.1) is 12.7 Å². The Hall–Kier alpha value is -2.17. The second-order valence-corrected chi connectivity index (χ2v) is 6.60. The first-order valence-corrected chi connectivity index (χ1v) is 8.79. The molecule has 25 heavy (non-hydrogen) atoms. The lowest BCUT2D eigenvalue weighted by Crippen LogP contribution is -2.42. The van der Waals surface area contributed by atoms with Gasteiger partial charge >= 0.3 is 5.97 Å². The van der Waals surface area contributed by atoms with E-state index in [1.807, 2.05) is 12.1 Å². The van der Waals surface area contributed by atoms with Gasteiger partial charge in [0.15, 0.2) is 5.60 Å². The Balaban J connectivity index is 1.75. The van der Waals surface area contributed by atoms with Crippen LogP contribution in [0.2, 0.25) is 0 Å². The highest BCUT2D eigenvalue weighted by Gasteiger charge is 2.39. The number of carbonyl (C=O) groups excluding carboxylic acids is 1. The minimum Gasteiger partial charge on any atom is -0.464 e. The summed E-state index contributed by atoms with van der Waals surface area (Å²) in [7, 11) is 0. The Morgan fingerprint density at radius 3 is 2.72 bits per heavy atom. The van der Waals surface area contributed by atoms with Crippen molar-refractivity contribution in [3.63, 3.8) is 0 Å². The average Bonchev–Trinajstić information content (AvgIpc) is 2.62. The number of ether oxygens (including phenoxy) is 1. The summed E-state index contributed by atoms with van der Waals surface area (Å²) in [6, 6.07) is 14.5. The van der Waals surface area contributed by atoms with Crippen LogP contribution in [0.25, 0.3) is 10.8 Å². The predicted molar refractivity (Wildman–Crippen MR) is 97.2 cm³/mol. The molecule has 2 aromatic carbocycles. The van der Waals surface area contributed by atoms with Crippen LogP contribution in [0.1, 0.15) is 31.7 Å². The van der Waals surface area contributed by atoms with E-state index in [0.717, 1.165) is 12.0 Å². The van der Waals surface area contributed by atoms with E-state index in [2.05, 4.69) is 30.3 Å². The van der Waals surface area contributed by atoms with Gasteiger partial charge in [-0.3, -0.25) is 0 Å². The summed E-state index contributed by atoms with van der Waals surface area (Å²) in [4.78, 5) is 12.0. The smallest absolute Gasteiger partial charge is 0.342 e. The van der Waals surface area contributed by atoms with Crippen molar-refractivity contribution in [2.75, 3.05) is 6.61 Å². The predicted octanol–water partition coefficient (Wildman–Crippen LogP) is 3.15. The fourth-order valence-electron chi connectivity index (χ4n) is 3.36. The molecule has 0 radical (unpaired) electrons. The second kappa shape index (κ2) is 7.38. The van der Waals surface area contributed by atoms with Crippen LogP contribution in [0.4, 0.5) is 0 Å². The van der Waals surface area contributed by atoms with E-state index in [1.165, 1.54) is 16.8 Å². The third kappa shape index (κ3) is 3.91. The molecule has 0 aliphatic heterocycles. The zero-order valence-electron chi connectivity index (χ0n) is 14.4. The molecule has 2 atom stereocenters. The maximum Gasteiger partial charge on any atom is 0.342 e. The number of aliphatic hydroxyl groups is 2. The number of rotatable bonds is 5. The molecular formula is C21H24O4. The first-order valence-electron chi connectivity index (χ1n) is 8.79. The number of carbonyl (C=O) groups is 1. The first kappa shape index (κ1) is 17.6. The number of hydrogen-bond donors (Lipinski definition) is 2. The average molecular weight is 340 g/mol. The van der Waals surface area contributed by atoms with Crippen LogP contribution < -0.4 is 0 Å². The molecule has 0 amide bonds. The van der Waals surface area contributed by atoms with Crippen LogP contribution in [0.3, 0.4) is 0 Å². The zero-order chi connectivity index (χ0) is 17.9. The molecule has 2 N–H and O–H groups in total. The molecule has 1 aliphatic carbocycles. The molecule has 3 rings (SSSR count). The number of aryl methyl sites for hydroxylation is 1. The Labute approximate surface area is 147 Å². The quantitative estimate of drug-likeness (QED) is 0.648. The minimum atomic E-state index is -1.62. The monoisotopic (exact) mass is 340 g/mol. The Kier molecular flexibility index (Phi) is 5.21. The largest absolute Gasteiger partial charge is 0.464 e. The molecule has 0 saturated carbocycles. The second-order valence-electron chi connectivity index (χ2n) is 6.60. The molecule has 0 saturated heterocycles. The summed E-state index contributed by atoms with van der Waals surface area (Å²) in [5, 5.41) is 23.1. The molecule has 0 fully saturated rings. The van der Waals surface area contributed by atoms with Gasteiger partial charge in [-0.15, -0.1) is 0 Å². The van der Waals surface area contributed by atoms with Crippen molar-refractivity contribution in [1.29, 1.82) is 0 Å². The van der Waals surface area contributed by atoms with E-state index in [0.29, 0.717) is 18.4 Å². The molecule has 132 valence electrons. The van der Waals surface area contributed by atoms with Crippen molar-refractivity contribution in [3.8, 4) is 0 Å². The van der Waals surface area contributed by atoms with Gasteiger partial charge in [0.1, 0.15) is 0 Å². The molecule has 0 aromatic heterocycles. The summed E-state index contributed by atoms with van der Waals surface area (Å²) >= 11 is 0. The van der Waals surface area contributed by atoms with Crippen LogP contribution in [0.5, 0.6) is 0 Å². The minimum absolute atomic E-state index is 0.187. The number of hydrogen-bond acceptors (Lipinski definition) is 4. The molecule has 1 aliphatic rings. The summed E-state index contributed by atoms with van der Waals surface area (Å²) in [6.07, 6.45) is 2.77. The molecular weight excluding hydrogens is 316 g/mol. The van der Waals surface area contributed by atoms with Crippen LogP contribution in [-0.4, -0.2) is 34.5 Å².